The number of hydrogen-bond acceptors (Lipinski definition) is 7. The summed E-state index contributed by atoms with van der Waals surface area (Å²) in [7, 11) is 0. The molecule has 1 N–H and O–H groups in total. The molecular formula is C17H14N6O3. The molecule has 0 bridgehead atoms. The lowest BCUT2D eigenvalue weighted by Crippen LogP contribution is -2.23. The molecule has 0 saturated heterocycles. The number of amides is 1. The zero-order valence-corrected chi connectivity index (χ0v) is 13.6. The Labute approximate surface area is 147 Å². The highest BCUT2D eigenvalue weighted by atomic mass is 16.5. The summed E-state index contributed by atoms with van der Waals surface area (Å²) in [5.74, 6) is 2.24. The summed E-state index contributed by atoms with van der Waals surface area (Å²) >= 11 is 0. The molecule has 0 aliphatic heterocycles. The number of pyridine rings is 1. The van der Waals surface area contributed by atoms with E-state index in [4.69, 9.17) is 8.94 Å². The van der Waals surface area contributed by atoms with Gasteiger partial charge in [-0.3, -0.25) is 9.20 Å². The molecule has 4 heterocycles. The van der Waals surface area contributed by atoms with Crippen molar-refractivity contribution in [3.8, 4) is 11.5 Å². The SMILES string of the molecule is O=C(NCc1nnc2cc(-c3nc(C4CC4)no3)ccn12)c1ccco1. The maximum absolute atomic E-state index is 11.9. The number of aromatic nitrogens is 5. The number of rotatable bonds is 5. The second-order valence-electron chi connectivity index (χ2n) is 6.15. The molecule has 1 fully saturated rings. The van der Waals surface area contributed by atoms with E-state index in [1.54, 1.807) is 16.5 Å². The van der Waals surface area contributed by atoms with Crippen LogP contribution in [0.15, 0.2) is 45.7 Å². The maximum Gasteiger partial charge on any atom is 0.287 e. The third kappa shape index (κ3) is 2.63. The van der Waals surface area contributed by atoms with Crippen molar-refractivity contribution in [1.29, 1.82) is 0 Å². The summed E-state index contributed by atoms with van der Waals surface area (Å²) in [6.07, 6.45) is 5.51. The molecule has 5 rings (SSSR count). The van der Waals surface area contributed by atoms with Crippen molar-refractivity contribution >= 4 is 11.6 Å². The van der Waals surface area contributed by atoms with Gasteiger partial charge in [0, 0.05) is 17.7 Å². The molecule has 9 heteroatoms. The molecule has 4 aromatic rings. The number of carbonyl (C=O) groups excluding carboxylic acids is 1. The summed E-state index contributed by atoms with van der Waals surface area (Å²) in [5.41, 5.74) is 1.42. The first-order chi connectivity index (χ1) is 12.8. The van der Waals surface area contributed by atoms with E-state index in [1.807, 2.05) is 18.3 Å². The zero-order valence-electron chi connectivity index (χ0n) is 13.6. The molecule has 130 valence electrons. The van der Waals surface area contributed by atoms with Crippen molar-refractivity contribution in [2.75, 3.05) is 0 Å². The molecule has 0 aromatic carbocycles. The van der Waals surface area contributed by atoms with Crippen LogP contribution in [0.25, 0.3) is 17.1 Å². The van der Waals surface area contributed by atoms with Crippen molar-refractivity contribution in [2.24, 2.45) is 0 Å². The van der Waals surface area contributed by atoms with E-state index in [1.165, 1.54) is 6.26 Å². The second kappa shape index (κ2) is 5.80. The van der Waals surface area contributed by atoms with Gasteiger partial charge in [0.05, 0.1) is 12.8 Å². The zero-order chi connectivity index (χ0) is 17.5. The summed E-state index contributed by atoms with van der Waals surface area (Å²) in [5, 5.41) is 15.1. The first kappa shape index (κ1) is 14.8. The predicted molar refractivity (Wildman–Crippen MR) is 88.1 cm³/mol. The molecule has 26 heavy (non-hydrogen) atoms. The van der Waals surface area contributed by atoms with Gasteiger partial charge in [0.25, 0.3) is 11.8 Å². The molecule has 1 saturated carbocycles. The molecule has 0 spiro atoms. The molecule has 9 nitrogen and oxygen atoms in total. The van der Waals surface area contributed by atoms with E-state index in [2.05, 4.69) is 25.7 Å². The molecule has 0 radical (unpaired) electrons. The van der Waals surface area contributed by atoms with Crippen LogP contribution >= 0.6 is 0 Å². The fourth-order valence-corrected chi connectivity index (χ4v) is 2.71. The van der Waals surface area contributed by atoms with E-state index < -0.39 is 0 Å². The van der Waals surface area contributed by atoms with E-state index in [-0.39, 0.29) is 18.2 Å². The Morgan fingerprint density at radius 1 is 1.31 bits per heavy atom. The van der Waals surface area contributed by atoms with Gasteiger partial charge in [0.1, 0.15) is 0 Å². The topological polar surface area (TPSA) is 111 Å². The van der Waals surface area contributed by atoms with Crippen molar-refractivity contribution < 1.29 is 13.7 Å². The van der Waals surface area contributed by atoms with Gasteiger partial charge < -0.3 is 14.3 Å². The normalized spacial score (nSPS) is 14.0. The Balaban J connectivity index is 1.36. The van der Waals surface area contributed by atoms with Crippen LogP contribution in [-0.2, 0) is 6.54 Å². The predicted octanol–water partition coefficient (Wildman–Crippen LogP) is 2.18. The number of furan rings is 1. The third-order valence-corrected chi connectivity index (χ3v) is 4.26. The average molecular weight is 350 g/mol. The van der Waals surface area contributed by atoms with E-state index in [0.29, 0.717) is 23.3 Å². The minimum Gasteiger partial charge on any atom is -0.459 e. The summed E-state index contributed by atoms with van der Waals surface area (Å²) < 4.78 is 12.2. The maximum atomic E-state index is 11.9. The fraction of sp³-hybridized carbons (Fsp3) is 0.235. The Morgan fingerprint density at radius 3 is 3.04 bits per heavy atom. The summed E-state index contributed by atoms with van der Waals surface area (Å²) in [4.78, 5) is 16.4. The van der Waals surface area contributed by atoms with Crippen molar-refractivity contribution in [1.82, 2.24) is 30.1 Å². The molecule has 0 unspecified atom stereocenters. The monoisotopic (exact) mass is 350 g/mol. The molecule has 1 aliphatic carbocycles. The summed E-state index contributed by atoms with van der Waals surface area (Å²) in [6, 6.07) is 6.95. The number of carbonyl (C=O) groups is 1. The Morgan fingerprint density at radius 2 is 2.23 bits per heavy atom. The molecule has 1 aliphatic rings. The lowest BCUT2D eigenvalue weighted by Gasteiger charge is -2.02. The van der Waals surface area contributed by atoms with Crippen LogP contribution in [0.5, 0.6) is 0 Å². The molecule has 0 atom stereocenters. The van der Waals surface area contributed by atoms with E-state index in [0.717, 1.165) is 24.2 Å². The van der Waals surface area contributed by atoms with Crippen LogP contribution in [0.1, 0.15) is 41.0 Å². The number of nitrogens with zero attached hydrogens (tertiary/aromatic N) is 5. The fourth-order valence-electron chi connectivity index (χ4n) is 2.71. The third-order valence-electron chi connectivity index (χ3n) is 4.26. The van der Waals surface area contributed by atoms with Gasteiger partial charge in [0.2, 0.25) is 0 Å². The molecular weight excluding hydrogens is 336 g/mol. The Hall–Kier alpha value is -3.49. The Kier molecular flexibility index (Phi) is 3.30. The lowest BCUT2D eigenvalue weighted by molar-refractivity contribution is 0.0922. The minimum atomic E-state index is -0.304. The quantitative estimate of drug-likeness (QED) is 0.587. The van der Waals surface area contributed by atoms with Crippen molar-refractivity contribution in [2.45, 2.75) is 25.3 Å². The van der Waals surface area contributed by atoms with Gasteiger partial charge in [-0.05, 0) is 37.1 Å². The molecule has 1 amide bonds. The standard InChI is InChI=1S/C17H14N6O3/c24-16(12-2-1-7-25-12)18-9-14-21-20-13-8-11(5-6-23(13)14)17-19-15(22-26-17)10-3-4-10/h1-2,5-8,10H,3-4,9H2,(H,18,24). The lowest BCUT2D eigenvalue weighted by atomic mass is 10.2. The van der Waals surface area contributed by atoms with Crippen LogP contribution in [0.3, 0.4) is 0 Å². The smallest absolute Gasteiger partial charge is 0.287 e. The summed E-state index contributed by atoms with van der Waals surface area (Å²) in [6.45, 7) is 0.229. The van der Waals surface area contributed by atoms with Crippen LogP contribution in [0.4, 0.5) is 0 Å². The van der Waals surface area contributed by atoms with Gasteiger partial charge in [-0.1, -0.05) is 5.16 Å². The average Bonchev–Trinajstić information content (AvgIpc) is 3.10. The Bertz CT molecular complexity index is 1080. The van der Waals surface area contributed by atoms with Crippen LogP contribution < -0.4 is 5.32 Å². The first-order valence-corrected chi connectivity index (χ1v) is 8.27. The van der Waals surface area contributed by atoms with E-state index >= 15 is 0 Å². The van der Waals surface area contributed by atoms with Gasteiger partial charge in [-0.15, -0.1) is 10.2 Å². The number of hydrogen-bond donors (Lipinski definition) is 1. The van der Waals surface area contributed by atoms with Gasteiger partial charge in [0.15, 0.2) is 23.1 Å². The largest absolute Gasteiger partial charge is 0.459 e. The first-order valence-electron chi connectivity index (χ1n) is 8.27. The van der Waals surface area contributed by atoms with Gasteiger partial charge >= 0.3 is 0 Å². The highest BCUT2D eigenvalue weighted by molar-refractivity contribution is 5.91. The second-order valence-corrected chi connectivity index (χ2v) is 6.15. The minimum absolute atomic E-state index is 0.229. The number of fused-ring (bicyclic) bond motifs is 1. The van der Waals surface area contributed by atoms with Crippen LogP contribution in [0, 0.1) is 0 Å². The highest BCUT2D eigenvalue weighted by Crippen LogP contribution is 2.38. The van der Waals surface area contributed by atoms with E-state index in [9.17, 15) is 4.79 Å². The number of nitrogens with one attached hydrogen (secondary N) is 1. The van der Waals surface area contributed by atoms with Crippen molar-refractivity contribution in [3.63, 3.8) is 0 Å². The van der Waals surface area contributed by atoms with Gasteiger partial charge in [-0.2, -0.15) is 4.98 Å². The van der Waals surface area contributed by atoms with Crippen LogP contribution in [-0.4, -0.2) is 30.6 Å². The van der Waals surface area contributed by atoms with Crippen LogP contribution in [0.2, 0.25) is 0 Å². The highest BCUT2D eigenvalue weighted by Gasteiger charge is 2.29. The van der Waals surface area contributed by atoms with Crippen molar-refractivity contribution in [3.05, 3.63) is 54.1 Å². The van der Waals surface area contributed by atoms with Gasteiger partial charge in [-0.25, -0.2) is 0 Å². The molecule has 4 aromatic heterocycles.